The Labute approximate surface area is 144 Å². The lowest BCUT2D eigenvalue weighted by Gasteiger charge is -2.13. The van der Waals surface area contributed by atoms with Gasteiger partial charge >= 0.3 is 0 Å². The molecule has 0 saturated carbocycles. The van der Waals surface area contributed by atoms with Gasteiger partial charge in [0.15, 0.2) is 0 Å². The number of halogens is 1. The first-order chi connectivity index (χ1) is 11.7. The van der Waals surface area contributed by atoms with Crippen molar-refractivity contribution in [2.75, 3.05) is 6.54 Å². The lowest BCUT2D eigenvalue weighted by atomic mass is 10.00. The monoisotopic (exact) mass is 342 g/mol. The second-order valence-electron chi connectivity index (χ2n) is 5.57. The molecule has 3 rings (SSSR count). The molecular weight excluding hydrogens is 323 g/mol. The van der Waals surface area contributed by atoms with E-state index in [1.54, 1.807) is 23.5 Å². The summed E-state index contributed by atoms with van der Waals surface area (Å²) in [7, 11) is 0. The van der Waals surface area contributed by atoms with E-state index in [0.29, 0.717) is 13.2 Å². The van der Waals surface area contributed by atoms with E-state index in [1.165, 1.54) is 12.1 Å². The first kappa shape index (κ1) is 16.6. The van der Waals surface area contributed by atoms with Gasteiger partial charge in [-0.15, -0.1) is 11.3 Å². The second-order valence-corrected chi connectivity index (χ2v) is 6.50. The van der Waals surface area contributed by atoms with Gasteiger partial charge in [0, 0.05) is 24.0 Å². The van der Waals surface area contributed by atoms with Gasteiger partial charge in [0.05, 0.1) is 5.01 Å². The quantitative estimate of drug-likeness (QED) is 0.702. The molecule has 0 saturated heterocycles. The highest BCUT2D eigenvalue weighted by Gasteiger charge is 2.13. The van der Waals surface area contributed by atoms with Crippen molar-refractivity contribution in [2.45, 2.75) is 18.9 Å². The van der Waals surface area contributed by atoms with Crippen molar-refractivity contribution in [3.05, 3.63) is 82.1 Å². The zero-order chi connectivity index (χ0) is 16.8. The molecule has 1 heterocycles. The Morgan fingerprint density at radius 3 is 2.67 bits per heavy atom. The smallest absolute Gasteiger partial charge is 0.123 e. The Kier molecular flexibility index (Phi) is 5.56. The Hall–Kier alpha value is -2.24. The topological polar surface area (TPSA) is 48.1 Å². The van der Waals surface area contributed by atoms with Crippen LogP contribution < -0.4 is 10.5 Å². The Bertz CT molecular complexity index is 759. The number of rotatable bonds is 7. The molecule has 124 valence electrons. The fourth-order valence-corrected chi connectivity index (χ4v) is 3.26. The summed E-state index contributed by atoms with van der Waals surface area (Å²) >= 11 is 1.63. The van der Waals surface area contributed by atoms with E-state index in [9.17, 15) is 4.39 Å². The number of ether oxygens (including phenoxy) is 1. The summed E-state index contributed by atoms with van der Waals surface area (Å²) in [6.45, 7) is 0.977. The second kappa shape index (κ2) is 8.04. The van der Waals surface area contributed by atoms with Crippen LogP contribution in [0.1, 0.15) is 22.1 Å². The van der Waals surface area contributed by atoms with E-state index < -0.39 is 0 Å². The molecule has 1 unspecified atom stereocenters. The van der Waals surface area contributed by atoms with Crippen molar-refractivity contribution in [1.82, 2.24) is 4.98 Å². The molecule has 2 aromatic carbocycles. The van der Waals surface area contributed by atoms with Crippen LogP contribution in [0.15, 0.2) is 60.1 Å². The minimum atomic E-state index is -0.240. The summed E-state index contributed by atoms with van der Waals surface area (Å²) in [6.07, 6.45) is 2.64. The highest BCUT2D eigenvalue weighted by molar-refractivity contribution is 7.09. The fraction of sp³-hybridized carbons (Fsp3) is 0.211. The Morgan fingerprint density at radius 1 is 1.12 bits per heavy atom. The van der Waals surface area contributed by atoms with E-state index in [-0.39, 0.29) is 11.7 Å². The molecule has 0 aliphatic heterocycles. The van der Waals surface area contributed by atoms with E-state index in [1.807, 2.05) is 29.8 Å². The maximum atomic E-state index is 12.9. The van der Waals surface area contributed by atoms with Crippen molar-refractivity contribution in [1.29, 1.82) is 0 Å². The van der Waals surface area contributed by atoms with Gasteiger partial charge in [0.2, 0.25) is 0 Å². The van der Waals surface area contributed by atoms with Crippen LogP contribution in [0, 0.1) is 5.82 Å². The molecule has 0 amide bonds. The first-order valence-corrected chi connectivity index (χ1v) is 8.68. The van der Waals surface area contributed by atoms with Gasteiger partial charge in [-0.2, -0.15) is 0 Å². The maximum Gasteiger partial charge on any atom is 0.123 e. The Balaban J connectivity index is 1.64. The average molecular weight is 342 g/mol. The number of nitrogens with two attached hydrogens (primary N) is 1. The third kappa shape index (κ3) is 4.40. The highest BCUT2D eigenvalue weighted by Crippen LogP contribution is 2.24. The summed E-state index contributed by atoms with van der Waals surface area (Å²) in [4.78, 5) is 4.37. The van der Waals surface area contributed by atoms with Gasteiger partial charge < -0.3 is 10.5 Å². The van der Waals surface area contributed by atoms with Crippen LogP contribution in [0.4, 0.5) is 4.39 Å². The van der Waals surface area contributed by atoms with Crippen LogP contribution in [-0.2, 0) is 13.0 Å². The lowest BCUT2D eigenvalue weighted by Crippen LogP contribution is -2.14. The normalized spacial score (nSPS) is 12.1. The summed E-state index contributed by atoms with van der Waals surface area (Å²) < 4.78 is 18.7. The molecule has 1 atom stereocenters. The van der Waals surface area contributed by atoms with Crippen LogP contribution in [0.25, 0.3) is 0 Å². The predicted molar refractivity (Wildman–Crippen MR) is 94.8 cm³/mol. The number of nitrogens with zero attached hydrogens (tertiary/aromatic N) is 1. The van der Waals surface area contributed by atoms with E-state index in [0.717, 1.165) is 28.3 Å². The van der Waals surface area contributed by atoms with Crippen LogP contribution in [0.2, 0.25) is 0 Å². The molecule has 1 aromatic heterocycles. The van der Waals surface area contributed by atoms with Crippen molar-refractivity contribution >= 4 is 11.3 Å². The number of hydrogen-bond acceptors (Lipinski definition) is 4. The summed E-state index contributed by atoms with van der Waals surface area (Å²) in [5, 5.41) is 3.04. The van der Waals surface area contributed by atoms with Gasteiger partial charge in [-0.05, 0) is 41.8 Å². The third-order valence-corrected chi connectivity index (χ3v) is 4.72. The SMILES string of the molecule is NCC(Cc1cccc(OCc2ccc(F)cc2)c1)c1nccs1. The maximum absolute atomic E-state index is 12.9. The molecule has 5 heteroatoms. The van der Waals surface area contributed by atoms with E-state index >= 15 is 0 Å². The standard InChI is InChI=1S/C19H19FN2OS/c20-17-6-4-14(5-7-17)13-23-18-3-1-2-15(11-18)10-16(12-21)19-22-8-9-24-19/h1-9,11,16H,10,12-13,21H2. The van der Waals surface area contributed by atoms with Gasteiger partial charge in [0.25, 0.3) is 0 Å². The van der Waals surface area contributed by atoms with E-state index in [2.05, 4.69) is 11.1 Å². The van der Waals surface area contributed by atoms with Gasteiger partial charge in [0.1, 0.15) is 18.2 Å². The molecule has 3 nitrogen and oxygen atoms in total. The van der Waals surface area contributed by atoms with E-state index in [4.69, 9.17) is 10.5 Å². The predicted octanol–water partition coefficient (Wildman–Crippen LogP) is 4.15. The minimum Gasteiger partial charge on any atom is -0.489 e. The number of hydrogen-bond donors (Lipinski definition) is 1. The molecule has 2 N–H and O–H groups in total. The number of benzene rings is 2. The molecule has 0 aliphatic carbocycles. The first-order valence-electron chi connectivity index (χ1n) is 7.80. The molecule has 0 aliphatic rings. The third-order valence-electron chi connectivity index (χ3n) is 3.78. The van der Waals surface area contributed by atoms with Crippen molar-refractivity contribution in [3.8, 4) is 5.75 Å². The van der Waals surface area contributed by atoms with Crippen LogP contribution in [0.5, 0.6) is 5.75 Å². The Morgan fingerprint density at radius 2 is 1.96 bits per heavy atom. The van der Waals surface area contributed by atoms with Crippen molar-refractivity contribution in [2.24, 2.45) is 5.73 Å². The fourth-order valence-electron chi connectivity index (χ4n) is 2.50. The largest absolute Gasteiger partial charge is 0.489 e. The van der Waals surface area contributed by atoms with Crippen molar-refractivity contribution in [3.63, 3.8) is 0 Å². The van der Waals surface area contributed by atoms with Gasteiger partial charge in [-0.25, -0.2) is 9.37 Å². The molecular formula is C19H19FN2OS. The van der Waals surface area contributed by atoms with Gasteiger partial charge in [-0.1, -0.05) is 24.3 Å². The minimum absolute atomic E-state index is 0.220. The van der Waals surface area contributed by atoms with Crippen LogP contribution in [0.3, 0.4) is 0 Å². The number of aromatic nitrogens is 1. The summed E-state index contributed by atoms with van der Waals surface area (Å²) in [6, 6.07) is 14.3. The number of thiazole rings is 1. The lowest BCUT2D eigenvalue weighted by molar-refractivity contribution is 0.305. The molecule has 24 heavy (non-hydrogen) atoms. The zero-order valence-electron chi connectivity index (χ0n) is 13.2. The summed E-state index contributed by atoms with van der Waals surface area (Å²) in [5.41, 5.74) is 8.00. The molecule has 3 aromatic rings. The molecule has 0 radical (unpaired) electrons. The molecule has 0 fully saturated rings. The molecule has 0 bridgehead atoms. The molecule has 0 spiro atoms. The van der Waals surface area contributed by atoms with Crippen LogP contribution >= 0.6 is 11.3 Å². The van der Waals surface area contributed by atoms with Gasteiger partial charge in [-0.3, -0.25) is 0 Å². The summed E-state index contributed by atoms with van der Waals surface area (Å²) in [5.74, 6) is 0.778. The highest BCUT2D eigenvalue weighted by atomic mass is 32.1. The van der Waals surface area contributed by atoms with Crippen molar-refractivity contribution < 1.29 is 9.13 Å². The zero-order valence-corrected chi connectivity index (χ0v) is 14.0. The average Bonchev–Trinajstić information content (AvgIpc) is 3.14. The van der Waals surface area contributed by atoms with Crippen LogP contribution in [-0.4, -0.2) is 11.5 Å².